The monoisotopic (exact) mass is 276 g/mol. The normalized spacial score (nSPS) is 13.3. The van der Waals surface area contributed by atoms with Gasteiger partial charge >= 0.3 is 0 Å². The Morgan fingerprint density at radius 3 is 2.30 bits per heavy atom. The standard InChI is InChI=1S/C17H28N2O/c1-13(2)11-15(18-5)16(20)19-12-17(3,4)14-9-7-6-8-10-14/h6-10,13,15,18H,11-12H2,1-5H3,(H,19,20)/t15-/m0/s1. The van der Waals surface area contributed by atoms with E-state index >= 15 is 0 Å². The fourth-order valence-electron chi connectivity index (χ4n) is 2.25. The van der Waals surface area contributed by atoms with Gasteiger partial charge in [0.2, 0.25) is 5.91 Å². The second-order valence-electron chi connectivity index (χ2n) is 6.44. The SMILES string of the molecule is CN[C@@H](CC(C)C)C(=O)NCC(C)(C)c1ccccc1. The van der Waals surface area contributed by atoms with E-state index in [1.54, 1.807) is 0 Å². The second-order valence-corrected chi connectivity index (χ2v) is 6.44. The lowest BCUT2D eigenvalue weighted by Gasteiger charge is -2.27. The maximum Gasteiger partial charge on any atom is 0.237 e. The highest BCUT2D eigenvalue weighted by molar-refractivity contribution is 5.81. The van der Waals surface area contributed by atoms with E-state index in [1.807, 2.05) is 25.2 Å². The van der Waals surface area contributed by atoms with Crippen molar-refractivity contribution in [2.75, 3.05) is 13.6 Å². The maximum absolute atomic E-state index is 12.2. The van der Waals surface area contributed by atoms with E-state index in [0.717, 1.165) is 6.42 Å². The largest absolute Gasteiger partial charge is 0.354 e. The lowest BCUT2D eigenvalue weighted by atomic mass is 9.84. The van der Waals surface area contributed by atoms with Gasteiger partial charge in [-0.15, -0.1) is 0 Å². The van der Waals surface area contributed by atoms with E-state index < -0.39 is 0 Å². The number of carbonyl (C=O) groups excluding carboxylic acids is 1. The second kappa shape index (κ2) is 7.44. The van der Waals surface area contributed by atoms with Crippen LogP contribution in [0.15, 0.2) is 30.3 Å². The fraction of sp³-hybridized carbons (Fsp3) is 0.588. The minimum atomic E-state index is -0.110. The van der Waals surface area contributed by atoms with Crippen LogP contribution in [0.4, 0.5) is 0 Å². The van der Waals surface area contributed by atoms with E-state index in [-0.39, 0.29) is 17.4 Å². The Labute approximate surface area is 123 Å². The van der Waals surface area contributed by atoms with Crippen LogP contribution in [0, 0.1) is 5.92 Å². The van der Waals surface area contributed by atoms with Gasteiger partial charge in [-0.1, -0.05) is 58.0 Å². The molecule has 0 heterocycles. The number of amides is 1. The molecular weight excluding hydrogens is 248 g/mol. The Bertz CT molecular complexity index is 412. The molecule has 0 saturated heterocycles. The van der Waals surface area contributed by atoms with Crippen molar-refractivity contribution in [2.24, 2.45) is 5.92 Å². The Hall–Kier alpha value is -1.35. The predicted octanol–water partition coefficient (Wildman–Crippen LogP) is 2.71. The molecule has 0 spiro atoms. The quantitative estimate of drug-likeness (QED) is 0.804. The van der Waals surface area contributed by atoms with Crippen molar-refractivity contribution in [1.82, 2.24) is 10.6 Å². The van der Waals surface area contributed by atoms with Crippen molar-refractivity contribution in [3.05, 3.63) is 35.9 Å². The molecule has 0 radical (unpaired) electrons. The summed E-state index contributed by atoms with van der Waals surface area (Å²) in [6.45, 7) is 9.21. The third-order valence-electron chi connectivity index (χ3n) is 3.63. The minimum absolute atomic E-state index is 0.0625. The van der Waals surface area contributed by atoms with Crippen molar-refractivity contribution in [2.45, 2.75) is 45.6 Å². The maximum atomic E-state index is 12.2. The number of benzene rings is 1. The van der Waals surface area contributed by atoms with Crippen LogP contribution >= 0.6 is 0 Å². The number of hydrogen-bond acceptors (Lipinski definition) is 2. The van der Waals surface area contributed by atoms with Crippen molar-refractivity contribution >= 4 is 5.91 Å². The highest BCUT2D eigenvalue weighted by Gasteiger charge is 2.23. The Kier molecular flexibility index (Phi) is 6.21. The number of nitrogens with one attached hydrogen (secondary N) is 2. The smallest absolute Gasteiger partial charge is 0.237 e. The molecular formula is C17H28N2O. The molecule has 1 aromatic rings. The van der Waals surface area contributed by atoms with Gasteiger partial charge in [-0.05, 0) is 24.9 Å². The Balaban J connectivity index is 2.59. The van der Waals surface area contributed by atoms with Gasteiger partial charge in [-0.25, -0.2) is 0 Å². The molecule has 3 heteroatoms. The van der Waals surface area contributed by atoms with Crippen LogP contribution in [0.2, 0.25) is 0 Å². The molecule has 0 fully saturated rings. The summed E-state index contributed by atoms with van der Waals surface area (Å²) in [5, 5.41) is 6.17. The Morgan fingerprint density at radius 2 is 1.80 bits per heavy atom. The molecule has 0 aliphatic heterocycles. The summed E-state index contributed by atoms with van der Waals surface area (Å²) < 4.78 is 0. The summed E-state index contributed by atoms with van der Waals surface area (Å²) >= 11 is 0. The van der Waals surface area contributed by atoms with Crippen LogP contribution in [-0.2, 0) is 10.2 Å². The van der Waals surface area contributed by atoms with Gasteiger partial charge in [-0.3, -0.25) is 4.79 Å². The zero-order chi connectivity index (χ0) is 15.2. The molecule has 1 atom stereocenters. The summed E-state index contributed by atoms with van der Waals surface area (Å²) in [6, 6.07) is 10.2. The van der Waals surface area contributed by atoms with Crippen molar-refractivity contribution in [1.29, 1.82) is 0 Å². The first-order valence-electron chi connectivity index (χ1n) is 7.37. The van der Waals surface area contributed by atoms with Crippen LogP contribution in [0.3, 0.4) is 0 Å². The summed E-state index contributed by atoms with van der Waals surface area (Å²) in [5.41, 5.74) is 1.18. The highest BCUT2D eigenvalue weighted by atomic mass is 16.2. The number of hydrogen-bond donors (Lipinski definition) is 2. The molecule has 0 aliphatic carbocycles. The van der Waals surface area contributed by atoms with Crippen LogP contribution in [0.5, 0.6) is 0 Å². The third kappa shape index (κ3) is 4.97. The number of likely N-dealkylation sites (N-methyl/N-ethyl adjacent to an activating group) is 1. The predicted molar refractivity (Wildman–Crippen MR) is 84.8 cm³/mol. The molecule has 1 rings (SSSR count). The van der Waals surface area contributed by atoms with Crippen LogP contribution in [0.1, 0.15) is 39.7 Å². The molecule has 112 valence electrons. The first-order valence-corrected chi connectivity index (χ1v) is 7.37. The van der Waals surface area contributed by atoms with Gasteiger partial charge in [0.15, 0.2) is 0 Å². The molecule has 20 heavy (non-hydrogen) atoms. The third-order valence-corrected chi connectivity index (χ3v) is 3.63. The van der Waals surface area contributed by atoms with Crippen molar-refractivity contribution in [3.8, 4) is 0 Å². The van der Waals surface area contributed by atoms with E-state index in [1.165, 1.54) is 5.56 Å². The van der Waals surface area contributed by atoms with Crippen LogP contribution < -0.4 is 10.6 Å². The Morgan fingerprint density at radius 1 is 1.20 bits per heavy atom. The molecule has 0 aromatic heterocycles. The van der Waals surface area contributed by atoms with Gasteiger partial charge < -0.3 is 10.6 Å². The van der Waals surface area contributed by atoms with E-state index in [9.17, 15) is 4.79 Å². The summed E-state index contributed by atoms with van der Waals surface area (Å²) in [4.78, 5) is 12.2. The first-order chi connectivity index (χ1) is 9.36. The molecule has 3 nitrogen and oxygen atoms in total. The minimum Gasteiger partial charge on any atom is -0.354 e. The lowest BCUT2D eigenvalue weighted by Crippen LogP contribution is -2.47. The van der Waals surface area contributed by atoms with Gasteiger partial charge in [0.1, 0.15) is 0 Å². The topological polar surface area (TPSA) is 41.1 Å². The molecule has 1 aromatic carbocycles. The summed E-state index contributed by atoms with van der Waals surface area (Å²) in [5.74, 6) is 0.588. The molecule has 0 unspecified atom stereocenters. The number of rotatable bonds is 7. The van der Waals surface area contributed by atoms with Crippen molar-refractivity contribution < 1.29 is 4.79 Å². The van der Waals surface area contributed by atoms with Gasteiger partial charge in [0.25, 0.3) is 0 Å². The van der Waals surface area contributed by atoms with Crippen LogP contribution in [0.25, 0.3) is 0 Å². The van der Waals surface area contributed by atoms with E-state index in [4.69, 9.17) is 0 Å². The average molecular weight is 276 g/mol. The zero-order valence-corrected chi connectivity index (χ0v) is 13.4. The van der Waals surface area contributed by atoms with Crippen LogP contribution in [-0.4, -0.2) is 25.5 Å². The van der Waals surface area contributed by atoms with Crippen molar-refractivity contribution in [3.63, 3.8) is 0 Å². The van der Waals surface area contributed by atoms with Gasteiger partial charge in [-0.2, -0.15) is 0 Å². The first kappa shape index (κ1) is 16.7. The summed E-state index contributed by atoms with van der Waals surface area (Å²) in [6.07, 6.45) is 0.855. The van der Waals surface area contributed by atoms with E-state index in [2.05, 4.69) is 50.5 Å². The molecule has 0 aliphatic rings. The van der Waals surface area contributed by atoms with Gasteiger partial charge in [0.05, 0.1) is 6.04 Å². The summed E-state index contributed by atoms with van der Waals surface area (Å²) in [7, 11) is 1.84. The number of carbonyl (C=O) groups is 1. The average Bonchev–Trinajstić information content (AvgIpc) is 2.43. The van der Waals surface area contributed by atoms with E-state index in [0.29, 0.717) is 12.5 Å². The van der Waals surface area contributed by atoms with Gasteiger partial charge in [0, 0.05) is 12.0 Å². The lowest BCUT2D eigenvalue weighted by molar-refractivity contribution is -0.123. The molecule has 0 saturated carbocycles. The molecule has 1 amide bonds. The fourth-order valence-corrected chi connectivity index (χ4v) is 2.25. The molecule has 2 N–H and O–H groups in total. The molecule has 0 bridgehead atoms. The zero-order valence-electron chi connectivity index (χ0n) is 13.4. The highest BCUT2D eigenvalue weighted by Crippen LogP contribution is 2.21.